The fourth-order valence-corrected chi connectivity index (χ4v) is 5.25. The minimum absolute atomic E-state index is 0.0814. The zero-order valence-corrected chi connectivity index (χ0v) is 15.5. The summed E-state index contributed by atoms with van der Waals surface area (Å²) in [4.78, 5) is 25.7. The molecule has 1 spiro atoms. The molecule has 1 aliphatic carbocycles. The van der Waals surface area contributed by atoms with Gasteiger partial charge >= 0.3 is 0 Å². The van der Waals surface area contributed by atoms with Gasteiger partial charge in [-0.25, -0.2) is 9.97 Å². The lowest BCUT2D eigenvalue weighted by Crippen LogP contribution is -2.47. The van der Waals surface area contributed by atoms with Gasteiger partial charge in [-0.15, -0.1) is 0 Å². The number of likely N-dealkylation sites (tertiary alicyclic amines) is 1. The van der Waals surface area contributed by atoms with Gasteiger partial charge < -0.3 is 14.9 Å². The van der Waals surface area contributed by atoms with Gasteiger partial charge in [0.15, 0.2) is 0 Å². The number of rotatable bonds is 4. The van der Waals surface area contributed by atoms with E-state index in [9.17, 15) is 9.90 Å². The van der Waals surface area contributed by atoms with E-state index in [-0.39, 0.29) is 17.9 Å². The second kappa shape index (κ2) is 7.51. The fourth-order valence-electron chi connectivity index (χ4n) is 5.25. The van der Waals surface area contributed by atoms with E-state index in [2.05, 4.69) is 19.8 Å². The number of anilines is 1. The quantitative estimate of drug-likeness (QED) is 0.893. The maximum atomic E-state index is 12.6. The summed E-state index contributed by atoms with van der Waals surface area (Å²) < 4.78 is 0. The van der Waals surface area contributed by atoms with Crippen molar-refractivity contribution in [3.05, 3.63) is 18.5 Å². The van der Waals surface area contributed by atoms with Gasteiger partial charge in [0, 0.05) is 57.5 Å². The van der Waals surface area contributed by atoms with Gasteiger partial charge in [0.1, 0.15) is 0 Å². The first-order valence-electron chi connectivity index (χ1n) is 10.1. The van der Waals surface area contributed by atoms with Crippen LogP contribution in [0.5, 0.6) is 0 Å². The first-order chi connectivity index (χ1) is 12.7. The van der Waals surface area contributed by atoms with E-state index in [0.29, 0.717) is 11.8 Å². The van der Waals surface area contributed by atoms with Crippen molar-refractivity contribution < 1.29 is 9.90 Å². The molecule has 3 heterocycles. The molecule has 0 bridgehead atoms. The van der Waals surface area contributed by atoms with Crippen LogP contribution in [0.25, 0.3) is 0 Å². The lowest BCUT2D eigenvalue weighted by atomic mass is 9.71. The molecular weight excluding hydrogens is 328 g/mol. The Hall–Kier alpha value is -1.69. The number of nitrogens with zero attached hydrogens (tertiary/aromatic N) is 4. The minimum atomic E-state index is 0.0814. The topological polar surface area (TPSA) is 69.6 Å². The molecule has 26 heavy (non-hydrogen) atoms. The van der Waals surface area contributed by atoms with Gasteiger partial charge in [-0.2, -0.15) is 0 Å². The van der Waals surface area contributed by atoms with E-state index < -0.39 is 0 Å². The average molecular weight is 358 g/mol. The Morgan fingerprint density at radius 2 is 1.88 bits per heavy atom. The van der Waals surface area contributed by atoms with E-state index in [1.165, 1.54) is 25.7 Å². The number of aliphatic hydroxyl groups is 1. The van der Waals surface area contributed by atoms with Crippen LogP contribution in [0.4, 0.5) is 5.95 Å². The summed E-state index contributed by atoms with van der Waals surface area (Å²) >= 11 is 0. The smallest absolute Gasteiger partial charge is 0.225 e. The Morgan fingerprint density at radius 3 is 2.54 bits per heavy atom. The highest BCUT2D eigenvalue weighted by Gasteiger charge is 2.48. The van der Waals surface area contributed by atoms with Crippen LogP contribution >= 0.6 is 0 Å². The number of aromatic nitrogens is 2. The zero-order valence-electron chi connectivity index (χ0n) is 15.5. The summed E-state index contributed by atoms with van der Waals surface area (Å²) in [6.45, 7) is 3.53. The normalized spacial score (nSPS) is 26.0. The Bertz CT molecular complexity index is 609. The molecular formula is C20H30N4O2. The van der Waals surface area contributed by atoms with E-state index in [1.54, 1.807) is 12.4 Å². The summed E-state index contributed by atoms with van der Waals surface area (Å²) in [6, 6.07) is 1.83. The Labute approximate surface area is 155 Å². The highest BCUT2D eigenvalue weighted by Crippen LogP contribution is 2.45. The van der Waals surface area contributed by atoms with Gasteiger partial charge in [-0.3, -0.25) is 4.79 Å². The molecule has 0 aromatic carbocycles. The molecule has 3 aliphatic rings. The number of aliphatic hydroxyl groups excluding tert-OH is 1. The van der Waals surface area contributed by atoms with Crippen molar-refractivity contribution in [2.24, 2.45) is 17.3 Å². The molecule has 3 fully saturated rings. The van der Waals surface area contributed by atoms with Crippen molar-refractivity contribution in [1.82, 2.24) is 14.9 Å². The van der Waals surface area contributed by atoms with Gasteiger partial charge in [-0.05, 0) is 43.1 Å². The molecule has 0 radical (unpaired) electrons. The van der Waals surface area contributed by atoms with E-state index in [4.69, 9.17) is 0 Å². The molecule has 1 aromatic rings. The summed E-state index contributed by atoms with van der Waals surface area (Å²) in [6.07, 6.45) is 11.2. The van der Waals surface area contributed by atoms with Gasteiger partial charge in [0.05, 0.1) is 0 Å². The fraction of sp³-hybridized carbons (Fsp3) is 0.750. The summed E-state index contributed by atoms with van der Waals surface area (Å²) in [5.41, 5.74) is 0.0814. The molecule has 6 nitrogen and oxygen atoms in total. The largest absolute Gasteiger partial charge is 0.396 e. The third-order valence-electron chi connectivity index (χ3n) is 6.92. The maximum Gasteiger partial charge on any atom is 0.225 e. The SMILES string of the molecule is O=C(CC1CCCC1)N1CCC2(CC1)CN(c1ncccn1)CC2CO. The Kier molecular flexibility index (Phi) is 5.11. The molecule has 1 amide bonds. The van der Waals surface area contributed by atoms with Crippen LogP contribution < -0.4 is 4.90 Å². The number of carbonyl (C=O) groups excluding carboxylic acids is 1. The molecule has 142 valence electrons. The molecule has 4 rings (SSSR count). The Morgan fingerprint density at radius 1 is 1.19 bits per heavy atom. The first kappa shape index (κ1) is 17.7. The predicted molar refractivity (Wildman–Crippen MR) is 99.6 cm³/mol. The van der Waals surface area contributed by atoms with Gasteiger partial charge in [0.2, 0.25) is 11.9 Å². The molecule has 2 saturated heterocycles. The van der Waals surface area contributed by atoms with Crippen molar-refractivity contribution in [3.63, 3.8) is 0 Å². The van der Waals surface area contributed by atoms with Crippen LogP contribution in [0.3, 0.4) is 0 Å². The van der Waals surface area contributed by atoms with Crippen LogP contribution in [-0.4, -0.2) is 58.7 Å². The van der Waals surface area contributed by atoms with E-state index in [1.807, 2.05) is 6.07 Å². The lowest BCUT2D eigenvalue weighted by Gasteiger charge is -2.42. The third kappa shape index (κ3) is 3.43. The molecule has 1 N–H and O–H groups in total. The van der Waals surface area contributed by atoms with Crippen molar-refractivity contribution in [2.75, 3.05) is 37.7 Å². The molecule has 2 aliphatic heterocycles. The monoisotopic (exact) mass is 358 g/mol. The van der Waals surface area contributed by atoms with Gasteiger partial charge in [0.25, 0.3) is 0 Å². The van der Waals surface area contributed by atoms with Crippen LogP contribution in [0.1, 0.15) is 44.9 Å². The summed E-state index contributed by atoms with van der Waals surface area (Å²) in [5, 5.41) is 9.96. The molecule has 1 aromatic heterocycles. The van der Waals surface area contributed by atoms with E-state index >= 15 is 0 Å². The third-order valence-corrected chi connectivity index (χ3v) is 6.92. The number of carbonyl (C=O) groups is 1. The van der Waals surface area contributed by atoms with E-state index in [0.717, 1.165) is 51.4 Å². The zero-order chi connectivity index (χ0) is 18.0. The molecule has 1 saturated carbocycles. The minimum Gasteiger partial charge on any atom is -0.396 e. The lowest BCUT2D eigenvalue weighted by molar-refractivity contribution is -0.134. The summed E-state index contributed by atoms with van der Waals surface area (Å²) in [7, 11) is 0. The van der Waals surface area contributed by atoms with Gasteiger partial charge in [-0.1, -0.05) is 12.8 Å². The van der Waals surface area contributed by atoms with Crippen molar-refractivity contribution in [3.8, 4) is 0 Å². The molecule has 1 atom stereocenters. The second-order valence-corrected chi connectivity index (χ2v) is 8.41. The maximum absolute atomic E-state index is 12.6. The van der Waals surface area contributed by atoms with Crippen LogP contribution in [0.2, 0.25) is 0 Å². The number of hydrogen-bond acceptors (Lipinski definition) is 5. The second-order valence-electron chi connectivity index (χ2n) is 8.41. The Balaban J connectivity index is 1.38. The number of hydrogen-bond donors (Lipinski definition) is 1. The first-order valence-corrected chi connectivity index (χ1v) is 10.1. The summed E-state index contributed by atoms with van der Waals surface area (Å²) in [5.74, 6) is 1.94. The van der Waals surface area contributed by atoms with Crippen molar-refractivity contribution in [2.45, 2.75) is 44.9 Å². The van der Waals surface area contributed by atoms with Crippen LogP contribution in [0, 0.1) is 17.3 Å². The highest BCUT2D eigenvalue weighted by atomic mass is 16.3. The van der Waals surface area contributed by atoms with Crippen LogP contribution in [-0.2, 0) is 4.79 Å². The number of amides is 1. The molecule has 1 unspecified atom stereocenters. The average Bonchev–Trinajstić information content (AvgIpc) is 3.31. The highest BCUT2D eigenvalue weighted by molar-refractivity contribution is 5.76. The van der Waals surface area contributed by atoms with Crippen molar-refractivity contribution in [1.29, 1.82) is 0 Å². The van der Waals surface area contributed by atoms with Crippen LogP contribution in [0.15, 0.2) is 18.5 Å². The van der Waals surface area contributed by atoms with Crippen molar-refractivity contribution >= 4 is 11.9 Å². The predicted octanol–water partition coefficient (Wildman–Crippen LogP) is 2.09. The standard InChI is InChI=1S/C20H30N4O2/c25-14-17-13-24(19-21-8-3-9-22-19)15-20(17)6-10-23(11-7-20)18(26)12-16-4-1-2-5-16/h3,8-9,16-17,25H,1-2,4-7,10-15H2. The molecule has 6 heteroatoms. The number of piperidine rings is 1.